The smallest absolute Gasteiger partial charge is 0.242 e. The molecule has 2 aliphatic rings. The normalized spacial score (nSPS) is 30.5. The summed E-state index contributed by atoms with van der Waals surface area (Å²) in [4.78, 5) is 14.3. The molecule has 1 heterocycles. The van der Waals surface area contributed by atoms with Gasteiger partial charge in [0.05, 0.1) is 5.54 Å². The van der Waals surface area contributed by atoms with Crippen molar-refractivity contribution in [2.45, 2.75) is 44.2 Å². The number of nitrogens with zero attached hydrogens (tertiary/aromatic N) is 1. The molecular formula is C11H20N2OS. The van der Waals surface area contributed by atoms with Crippen LogP contribution in [0.25, 0.3) is 0 Å². The van der Waals surface area contributed by atoms with Gasteiger partial charge in [-0.15, -0.1) is 0 Å². The minimum Gasteiger partial charge on any atom is -0.337 e. The fraction of sp³-hybridized carbons (Fsp3) is 0.909. The highest BCUT2D eigenvalue weighted by Gasteiger charge is 2.41. The van der Waals surface area contributed by atoms with E-state index in [1.54, 1.807) is 0 Å². The molecule has 15 heavy (non-hydrogen) atoms. The number of thioether (sulfide) groups is 1. The molecular weight excluding hydrogens is 208 g/mol. The van der Waals surface area contributed by atoms with Gasteiger partial charge in [-0.25, -0.2) is 0 Å². The number of carbonyl (C=O) groups excluding carboxylic acids is 1. The number of rotatable bonds is 1. The van der Waals surface area contributed by atoms with Crippen molar-refractivity contribution >= 4 is 17.7 Å². The molecule has 2 rings (SSSR count). The van der Waals surface area contributed by atoms with Gasteiger partial charge in [-0.1, -0.05) is 12.8 Å². The van der Waals surface area contributed by atoms with E-state index < -0.39 is 5.54 Å². The van der Waals surface area contributed by atoms with Crippen LogP contribution in [-0.2, 0) is 4.79 Å². The highest BCUT2D eigenvalue weighted by molar-refractivity contribution is 7.99. The second kappa shape index (κ2) is 4.34. The zero-order chi connectivity index (χ0) is 10.9. The summed E-state index contributed by atoms with van der Waals surface area (Å²) < 4.78 is 0. The van der Waals surface area contributed by atoms with Crippen molar-refractivity contribution in [1.82, 2.24) is 4.90 Å². The molecule has 2 fully saturated rings. The van der Waals surface area contributed by atoms with Crippen LogP contribution in [0.3, 0.4) is 0 Å². The second-order valence-electron chi connectivity index (χ2n) is 4.79. The SMILES string of the molecule is CC1CSCCN1C(=O)C1(N)CCCC1. The topological polar surface area (TPSA) is 46.3 Å². The Kier molecular flexibility index (Phi) is 3.26. The Labute approximate surface area is 95.8 Å². The molecule has 1 saturated heterocycles. The fourth-order valence-electron chi connectivity index (χ4n) is 2.53. The predicted molar refractivity (Wildman–Crippen MR) is 63.9 cm³/mol. The van der Waals surface area contributed by atoms with Crippen LogP contribution in [0.4, 0.5) is 0 Å². The standard InChI is InChI=1S/C11H20N2OS/c1-9-8-15-7-6-13(9)10(14)11(12)4-2-3-5-11/h9H,2-8,12H2,1H3. The van der Waals surface area contributed by atoms with Crippen molar-refractivity contribution in [3.63, 3.8) is 0 Å². The van der Waals surface area contributed by atoms with E-state index >= 15 is 0 Å². The van der Waals surface area contributed by atoms with E-state index in [4.69, 9.17) is 5.73 Å². The summed E-state index contributed by atoms with van der Waals surface area (Å²) in [6.07, 6.45) is 3.98. The maximum absolute atomic E-state index is 12.3. The molecule has 0 aromatic carbocycles. The van der Waals surface area contributed by atoms with Gasteiger partial charge in [0.15, 0.2) is 0 Å². The molecule has 0 spiro atoms. The lowest BCUT2D eigenvalue weighted by atomic mass is 9.96. The summed E-state index contributed by atoms with van der Waals surface area (Å²) in [5, 5.41) is 0. The molecule has 4 heteroatoms. The summed E-state index contributed by atoms with van der Waals surface area (Å²) in [6.45, 7) is 3.01. The molecule has 1 atom stereocenters. The highest BCUT2D eigenvalue weighted by atomic mass is 32.2. The van der Waals surface area contributed by atoms with Gasteiger partial charge in [0, 0.05) is 24.1 Å². The van der Waals surface area contributed by atoms with Gasteiger partial charge in [-0.05, 0) is 19.8 Å². The third-order valence-electron chi connectivity index (χ3n) is 3.55. The van der Waals surface area contributed by atoms with Crippen molar-refractivity contribution in [3.05, 3.63) is 0 Å². The van der Waals surface area contributed by atoms with Gasteiger partial charge >= 0.3 is 0 Å². The van der Waals surface area contributed by atoms with E-state index in [-0.39, 0.29) is 5.91 Å². The molecule has 1 aliphatic carbocycles. The first-order valence-electron chi connectivity index (χ1n) is 5.81. The average molecular weight is 228 g/mol. The molecule has 1 unspecified atom stereocenters. The van der Waals surface area contributed by atoms with Crippen LogP contribution in [0.1, 0.15) is 32.6 Å². The molecule has 0 aromatic heterocycles. The van der Waals surface area contributed by atoms with E-state index in [2.05, 4.69) is 6.92 Å². The maximum atomic E-state index is 12.3. The first-order valence-corrected chi connectivity index (χ1v) is 6.97. The summed E-state index contributed by atoms with van der Waals surface area (Å²) in [7, 11) is 0. The number of nitrogens with two attached hydrogens (primary N) is 1. The Morgan fingerprint density at radius 2 is 2.13 bits per heavy atom. The van der Waals surface area contributed by atoms with Crippen molar-refractivity contribution in [3.8, 4) is 0 Å². The van der Waals surface area contributed by atoms with E-state index in [1.165, 1.54) is 0 Å². The minimum absolute atomic E-state index is 0.202. The third kappa shape index (κ3) is 2.16. The van der Waals surface area contributed by atoms with Crippen LogP contribution in [0.5, 0.6) is 0 Å². The van der Waals surface area contributed by atoms with Crippen LogP contribution >= 0.6 is 11.8 Å². The molecule has 1 saturated carbocycles. The predicted octanol–water partition coefficient (Wildman–Crippen LogP) is 1.22. The molecule has 2 N–H and O–H groups in total. The van der Waals surface area contributed by atoms with Gasteiger partial charge in [0.1, 0.15) is 0 Å². The van der Waals surface area contributed by atoms with Gasteiger partial charge in [0.2, 0.25) is 5.91 Å². The Hall–Kier alpha value is -0.220. The Morgan fingerprint density at radius 1 is 1.47 bits per heavy atom. The third-order valence-corrected chi connectivity index (χ3v) is 4.74. The van der Waals surface area contributed by atoms with Gasteiger partial charge in [-0.2, -0.15) is 11.8 Å². The molecule has 1 aliphatic heterocycles. The number of amides is 1. The second-order valence-corrected chi connectivity index (χ2v) is 5.94. The number of hydrogen-bond donors (Lipinski definition) is 1. The van der Waals surface area contributed by atoms with Crippen LogP contribution in [0.15, 0.2) is 0 Å². The van der Waals surface area contributed by atoms with Crippen LogP contribution in [0, 0.1) is 0 Å². The van der Waals surface area contributed by atoms with Gasteiger partial charge in [0.25, 0.3) is 0 Å². The van der Waals surface area contributed by atoms with Crippen LogP contribution in [0.2, 0.25) is 0 Å². The van der Waals surface area contributed by atoms with E-state index in [1.807, 2.05) is 16.7 Å². The van der Waals surface area contributed by atoms with Crippen LogP contribution < -0.4 is 5.73 Å². The number of hydrogen-bond acceptors (Lipinski definition) is 3. The fourth-order valence-corrected chi connectivity index (χ4v) is 3.55. The summed E-state index contributed by atoms with van der Waals surface area (Å²) in [5.41, 5.74) is 5.67. The molecule has 86 valence electrons. The first-order chi connectivity index (χ1) is 7.13. The summed E-state index contributed by atoms with van der Waals surface area (Å²) in [6, 6.07) is 0.359. The Morgan fingerprint density at radius 3 is 2.73 bits per heavy atom. The lowest BCUT2D eigenvalue weighted by molar-refractivity contribution is -0.138. The summed E-state index contributed by atoms with van der Waals surface area (Å²) >= 11 is 1.93. The molecule has 1 amide bonds. The van der Waals surface area contributed by atoms with Gasteiger partial charge < -0.3 is 10.6 Å². The highest BCUT2D eigenvalue weighted by Crippen LogP contribution is 2.30. The van der Waals surface area contributed by atoms with E-state index in [0.717, 1.165) is 43.7 Å². The summed E-state index contributed by atoms with van der Waals surface area (Å²) in [5.74, 6) is 2.32. The first kappa shape index (κ1) is 11.3. The average Bonchev–Trinajstić information content (AvgIpc) is 2.66. The van der Waals surface area contributed by atoms with Gasteiger partial charge in [-0.3, -0.25) is 4.79 Å². The van der Waals surface area contributed by atoms with Crippen molar-refractivity contribution < 1.29 is 4.79 Å². The Bertz CT molecular complexity index is 251. The lowest BCUT2D eigenvalue weighted by Crippen LogP contribution is -2.57. The van der Waals surface area contributed by atoms with Crippen molar-refractivity contribution in [1.29, 1.82) is 0 Å². The molecule has 0 bridgehead atoms. The van der Waals surface area contributed by atoms with E-state index in [9.17, 15) is 4.79 Å². The van der Waals surface area contributed by atoms with Crippen LogP contribution in [-0.4, -0.2) is 40.4 Å². The quantitative estimate of drug-likeness (QED) is 0.734. The lowest BCUT2D eigenvalue weighted by Gasteiger charge is -2.38. The zero-order valence-electron chi connectivity index (χ0n) is 9.37. The van der Waals surface area contributed by atoms with E-state index in [0.29, 0.717) is 6.04 Å². The van der Waals surface area contributed by atoms with Crippen molar-refractivity contribution in [2.24, 2.45) is 5.73 Å². The maximum Gasteiger partial charge on any atom is 0.242 e. The molecule has 3 nitrogen and oxygen atoms in total. The molecule has 0 radical (unpaired) electrons. The monoisotopic (exact) mass is 228 g/mol. The minimum atomic E-state index is -0.531. The zero-order valence-corrected chi connectivity index (χ0v) is 10.2. The van der Waals surface area contributed by atoms with Crippen molar-refractivity contribution in [2.75, 3.05) is 18.1 Å². The number of carbonyl (C=O) groups is 1. The largest absolute Gasteiger partial charge is 0.337 e. The Balaban J connectivity index is 2.05. The molecule has 0 aromatic rings.